The molecule has 0 aliphatic rings. The van der Waals surface area contributed by atoms with E-state index in [1.165, 1.54) is 11.3 Å². The summed E-state index contributed by atoms with van der Waals surface area (Å²) in [6, 6.07) is 7.45. The molecule has 0 unspecified atom stereocenters. The number of carbonyl (C=O) groups is 1. The van der Waals surface area contributed by atoms with Crippen LogP contribution in [0, 0.1) is 0 Å². The van der Waals surface area contributed by atoms with Crippen LogP contribution >= 0.6 is 22.9 Å². The summed E-state index contributed by atoms with van der Waals surface area (Å²) in [6.07, 6.45) is 0. The number of benzene rings is 1. The van der Waals surface area contributed by atoms with Crippen molar-refractivity contribution in [2.45, 2.75) is 6.54 Å². The Bertz CT molecular complexity index is 496. The number of rotatable bonds is 3. The lowest BCUT2D eigenvalue weighted by atomic mass is 10.2. The average Bonchev–Trinajstić information content (AvgIpc) is 2.84. The number of hydrogen-bond acceptors (Lipinski definition) is 3. The van der Waals surface area contributed by atoms with E-state index in [1.807, 2.05) is 24.3 Å². The minimum atomic E-state index is -0.0683. The molecule has 0 N–H and O–H groups in total. The topological polar surface area (TPSA) is 33.2 Å². The molecule has 2 rings (SSSR count). The molecule has 0 atom stereocenters. The van der Waals surface area contributed by atoms with Crippen molar-refractivity contribution in [2.75, 3.05) is 7.05 Å². The second kappa shape index (κ2) is 5.29. The van der Waals surface area contributed by atoms with Gasteiger partial charge in [-0.15, -0.1) is 11.3 Å². The predicted molar refractivity (Wildman–Crippen MR) is 69.4 cm³/mol. The Balaban J connectivity index is 2.04. The lowest BCUT2D eigenvalue weighted by Crippen LogP contribution is -2.26. The number of carbonyl (C=O) groups excluding carboxylic acids is 1. The molecular formula is C12H11ClN2OS. The standard InChI is InChI=1S/C12H11ClN2OS/c1-15(12(16)11-7-17-8-14-11)6-9-2-4-10(13)5-3-9/h2-5,7-8H,6H2,1H3. The summed E-state index contributed by atoms with van der Waals surface area (Å²) >= 11 is 7.22. The van der Waals surface area contributed by atoms with Crippen LogP contribution in [0.25, 0.3) is 0 Å². The maximum atomic E-state index is 11.9. The first-order chi connectivity index (χ1) is 8.16. The molecule has 0 aliphatic heterocycles. The van der Waals surface area contributed by atoms with Crippen molar-refractivity contribution in [3.05, 3.63) is 51.4 Å². The molecule has 2 aromatic rings. The van der Waals surface area contributed by atoms with Crippen molar-refractivity contribution in [3.63, 3.8) is 0 Å². The van der Waals surface area contributed by atoms with Crippen molar-refractivity contribution in [2.24, 2.45) is 0 Å². The number of amides is 1. The SMILES string of the molecule is CN(Cc1ccc(Cl)cc1)C(=O)c1cscn1. The molecule has 5 heteroatoms. The molecule has 0 saturated heterocycles. The fourth-order valence-electron chi connectivity index (χ4n) is 1.45. The van der Waals surface area contributed by atoms with Gasteiger partial charge in [-0.2, -0.15) is 0 Å². The summed E-state index contributed by atoms with van der Waals surface area (Å²) in [5, 5.41) is 2.45. The Morgan fingerprint density at radius 3 is 2.71 bits per heavy atom. The Hall–Kier alpha value is -1.39. The zero-order valence-corrected chi connectivity index (χ0v) is 10.8. The number of hydrogen-bond donors (Lipinski definition) is 0. The van der Waals surface area contributed by atoms with E-state index >= 15 is 0 Å². The third-order valence-corrected chi connectivity index (χ3v) is 3.17. The summed E-state index contributed by atoms with van der Waals surface area (Å²) in [6.45, 7) is 0.549. The molecule has 1 aromatic heterocycles. The van der Waals surface area contributed by atoms with Gasteiger partial charge in [0.15, 0.2) is 0 Å². The fourth-order valence-corrected chi connectivity index (χ4v) is 2.10. The zero-order chi connectivity index (χ0) is 12.3. The summed E-state index contributed by atoms with van der Waals surface area (Å²) in [7, 11) is 1.76. The van der Waals surface area contributed by atoms with Gasteiger partial charge in [0.05, 0.1) is 5.51 Å². The molecule has 0 saturated carbocycles. The fraction of sp³-hybridized carbons (Fsp3) is 0.167. The molecule has 17 heavy (non-hydrogen) atoms. The van der Waals surface area contributed by atoms with E-state index in [2.05, 4.69) is 4.98 Å². The highest BCUT2D eigenvalue weighted by atomic mass is 35.5. The van der Waals surface area contributed by atoms with E-state index in [0.717, 1.165) is 5.56 Å². The lowest BCUT2D eigenvalue weighted by Gasteiger charge is -2.15. The minimum absolute atomic E-state index is 0.0683. The summed E-state index contributed by atoms with van der Waals surface area (Å²) in [5.74, 6) is -0.0683. The van der Waals surface area contributed by atoms with Crippen molar-refractivity contribution < 1.29 is 4.79 Å². The van der Waals surface area contributed by atoms with E-state index < -0.39 is 0 Å². The monoisotopic (exact) mass is 266 g/mol. The molecule has 0 aliphatic carbocycles. The number of aromatic nitrogens is 1. The maximum Gasteiger partial charge on any atom is 0.273 e. The van der Waals surface area contributed by atoms with Gasteiger partial charge in [-0.05, 0) is 17.7 Å². The van der Waals surface area contributed by atoms with Crippen molar-refractivity contribution in [3.8, 4) is 0 Å². The van der Waals surface area contributed by atoms with E-state index in [9.17, 15) is 4.79 Å². The molecule has 3 nitrogen and oxygen atoms in total. The quantitative estimate of drug-likeness (QED) is 0.855. The number of nitrogens with zero attached hydrogens (tertiary/aromatic N) is 2. The van der Waals surface area contributed by atoms with Crippen LogP contribution in [0.15, 0.2) is 35.2 Å². The van der Waals surface area contributed by atoms with Crippen LogP contribution in [-0.4, -0.2) is 22.8 Å². The Morgan fingerprint density at radius 2 is 2.12 bits per heavy atom. The van der Waals surface area contributed by atoms with E-state index in [1.54, 1.807) is 22.8 Å². The van der Waals surface area contributed by atoms with Gasteiger partial charge in [0.2, 0.25) is 0 Å². The highest BCUT2D eigenvalue weighted by Gasteiger charge is 2.13. The van der Waals surface area contributed by atoms with Crippen molar-refractivity contribution >= 4 is 28.8 Å². The summed E-state index contributed by atoms with van der Waals surface area (Å²) in [5.41, 5.74) is 3.19. The van der Waals surface area contributed by atoms with Crippen LogP contribution in [0.5, 0.6) is 0 Å². The zero-order valence-electron chi connectivity index (χ0n) is 9.26. The highest BCUT2D eigenvalue weighted by Crippen LogP contribution is 2.12. The van der Waals surface area contributed by atoms with Gasteiger partial charge in [0.25, 0.3) is 5.91 Å². The molecule has 88 valence electrons. The molecule has 0 spiro atoms. The predicted octanol–water partition coefficient (Wildman–Crippen LogP) is 3.07. The maximum absolute atomic E-state index is 11.9. The first kappa shape index (κ1) is 12.1. The molecule has 0 radical (unpaired) electrons. The second-order valence-corrected chi connectivity index (χ2v) is 4.82. The van der Waals surface area contributed by atoms with Gasteiger partial charge in [-0.25, -0.2) is 4.98 Å². The van der Waals surface area contributed by atoms with Crippen LogP contribution in [-0.2, 0) is 6.54 Å². The van der Waals surface area contributed by atoms with Crippen LogP contribution < -0.4 is 0 Å². The normalized spacial score (nSPS) is 10.2. The largest absolute Gasteiger partial charge is 0.336 e. The average molecular weight is 267 g/mol. The Morgan fingerprint density at radius 1 is 1.41 bits per heavy atom. The first-order valence-corrected chi connectivity index (χ1v) is 6.37. The molecule has 0 fully saturated rings. The van der Waals surface area contributed by atoms with Gasteiger partial charge in [0.1, 0.15) is 5.69 Å². The molecule has 1 heterocycles. The highest BCUT2D eigenvalue weighted by molar-refractivity contribution is 7.07. The third kappa shape index (κ3) is 3.05. The van der Waals surface area contributed by atoms with E-state index in [-0.39, 0.29) is 5.91 Å². The molecule has 0 bridgehead atoms. The molecular weight excluding hydrogens is 256 g/mol. The Labute approximate surface area is 109 Å². The van der Waals surface area contributed by atoms with Crippen molar-refractivity contribution in [1.82, 2.24) is 9.88 Å². The van der Waals surface area contributed by atoms with Gasteiger partial charge in [-0.1, -0.05) is 23.7 Å². The van der Waals surface area contributed by atoms with Crippen LogP contribution in [0.4, 0.5) is 0 Å². The van der Waals surface area contributed by atoms with Gasteiger partial charge in [-0.3, -0.25) is 4.79 Å². The lowest BCUT2D eigenvalue weighted by molar-refractivity contribution is 0.0780. The molecule has 1 aromatic carbocycles. The van der Waals surface area contributed by atoms with Gasteiger partial charge >= 0.3 is 0 Å². The Kier molecular flexibility index (Phi) is 3.76. The third-order valence-electron chi connectivity index (χ3n) is 2.33. The van der Waals surface area contributed by atoms with Crippen LogP contribution in [0.2, 0.25) is 5.02 Å². The van der Waals surface area contributed by atoms with Gasteiger partial charge in [0, 0.05) is 24.0 Å². The molecule has 1 amide bonds. The van der Waals surface area contributed by atoms with Crippen LogP contribution in [0.3, 0.4) is 0 Å². The van der Waals surface area contributed by atoms with E-state index in [0.29, 0.717) is 17.3 Å². The smallest absolute Gasteiger partial charge is 0.273 e. The number of thiazole rings is 1. The first-order valence-electron chi connectivity index (χ1n) is 5.05. The summed E-state index contributed by atoms with van der Waals surface area (Å²) in [4.78, 5) is 17.6. The summed E-state index contributed by atoms with van der Waals surface area (Å²) < 4.78 is 0. The number of halogens is 1. The second-order valence-electron chi connectivity index (χ2n) is 3.66. The minimum Gasteiger partial charge on any atom is -0.336 e. The van der Waals surface area contributed by atoms with Crippen molar-refractivity contribution in [1.29, 1.82) is 0 Å². The van der Waals surface area contributed by atoms with Crippen LogP contribution in [0.1, 0.15) is 16.1 Å². The van der Waals surface area contributed by atoms with E-state index in [4.69, 9.17) is 11.6 Å². The van der Waals surface area contributed by atoms with Gasteiger partial charge < -0.3 is 4.90 Å².